The highest BCUT2D eigenvalue weighted by atomic mass is 16.2. The molecule has 3 nitrogen and oxygen atoms in total. The van der Waals surface area contributed by atoms with Crippen LogP contribution in [0.5, 0.6) is 0 Å². The Morgan fingerprint density at radius 3 is 2.22 bits per heavy atom. The lowest BCUT2D eigenvalue weighted by molar-refractivity contribution is -0.129. The fourth-order valence-electron chi connectivity index (χ4n) is 3.30. The molecule has 0 bridgehead atoms. The summed E-state index contributed by atoms with van der Waals surface area (Å²) >= 11 is 0. The quantitative estimate of drug-likeness (QED) is 0.504. The normalized spacial score (nSPS) is 10.9. The predicted molar refractivity (Wildman–Crippen MR) is 110 cm³/mol. The molecular weight excluding hydrogens is 332 g/mol. The second-order valence-corrected chi connectivity index (χ2v) is 6.86. The largest absolute Gasteiger partial charge is 0.341 e. The molecule has 1 amide bonds. The standard InChI is InChI=1S/C24H22N2O/c1-25(18-20-8-11-21-6-2-3-7-22(21)16-20)24(27)17-19-9-12-23(13-10-19)26-14-4-5-15-26/h2-16H,17-18H2,1H3. The molecule has 0 aliphatic carbocycles. The number of rotatable bonds is 5. The highest BCUT2D eigenvalue weighted by Gasteiger charge is 2.11. The zero-order valence-corrected chi connectivity index (χ0v) is 15.4. The first-order valence-corrected chi connectivity index (χ1v) is 9.13. The number of hydrogen-bond acceptors (Lipinski definition) is 1. The lowest BCUT2D eigenvalue weighted by atomic mass is 10.1. The van der Waals surface area contributed by atoms with Crippen LogP contribution in [0.2, 0.25) is 0 Å². The van der Waals surface area contributed by atoms with Crippen molar-refractivity contribution in [3.63, 3.8) is 0 Å². The van der Waals surface area contributed by atoms with Crippen LogP contribution in [0, 0.1) is 0 Å². The summed E-state index contributed by atoms with van der Waals surface area (Å²) < 4.78 is 2.05. The lowest BCUT2D eigenvalue weighted by Gasteiger charge is -2.18. The van der Waals surface area contributed by atoms with Crippen LogP contribution in [0.15, 0.2) is 91.3 Å². The second kappa shape index (κ2) is 7.50. The summed E-state index contributed by atoms with van der Waals surface area (Å²) in [6.45, 7) is 0.616. The minimum Gasteiger partial charge on any atom is -0.341 e. The number of aromatic nitrogens is 1. The molecule has 0 N–H and O–H groups in total. The number of amides is 1. The van der Waals surface area contributed by atoms with Crippen molar-refractivity contribution >= 4 is 16.7 Å². The van der Waals surface area contributed by atoms with Gasteiger partial charge in [-0.1, -0.05) is 48.5 Å². The molecule has 0 unspecified atom stereocenters. The predicted octanol–water partition coefficient (Wildman–Crippen LogP) is 4.83. The van der Waals surface area contributed by atoms with Crippen LogP contribution in [0.4, 0.5) is 0 Å². The molecule has 0 saturated carbocycles. The Kier molecular flexibility index (Phi) is 4.75. The van der Waals surface area contributed by atoms with E-state index in [2.05, 4.69) is 34.9 Å². The molecule has 0 atom stereocenters. The molecule has 0 aliphatic heterocycles. The number of nitrogens with zero attached hydrogens (tertiary/aromatic N) is 2. The Morgan fingerprint density at radius 2 is 1.48 bits per heavy atom. The van der Waals surface area contributed by atoms with Gasteiger partial charge in [0.1, 0.15) is 0 Å². The van der Waals surface area contributed by atoms with E-state index in [0.717, 1.165) is 16.8 Å². The fourth-order valence-corrected chi connectivity index (χ4v) is 3.30. The molecule has 4 rings (SSSR count). The van der Waals surface area contributed by atoms with Gasteiger partial charge in [-0.3, -0.25) is 4.79 Å². The molecule has 3 aromatic carbocycles. The van der Waals surface area contributed by atoms with Gasteiger partial charge in [-0.25, -0.2) is 0 Å². The number of likely N-dealkylation sites (N-methyl/N-ethyl adjacent to an activating group) is 1. The molecule has 0 radical (unpaired) electrons. The van der Waals surface area contributed by atoms with E-state index < -0.39 is 0 Å². The van der Waals surface area contributed by atoms with E-state index in [1.165, 1.54) is 10.8 Å². The van der Waals surface area contributed by atoms with E-state index in [0.29, 0.717) is 13.0 Å². The van der Waals surface area contributed by atoms with Crippen LogP contribution in [0.3, 0.4) is 0 Å². The van der Waals surface area contributed by atoms with Crippen LogP contribution in [0.25, 0.3) is 16.5 Å². The zero-order valence-electron chi connectivity index (χ0n) is 15.4. The van der Waals surface area contributed by atoms with E-state index in [9.17, 15) is 4.79 Å². The highest BCUT2D eigenvalue weighted by Crippen LogP contribution is 2.17. The van der Waals surface area contributed by atoms with Gasteiger partial charge < -0.3 is 9.47 Å². The Hall–Kier alpha value is -3.33. The average molecular weight is 354 g/mol. The monoisotopic (exact) mass is 354 g/mol. The summed E-state index contributed by atoms with van der Waals surface area (Å²) in [6, 6.07) is 26.8. The van der Waals surface area contributed by atoms with Crippen molar-refractivity contribution in [2.75, 3.05) is 7.05 Å². The smallest absolute Gasteiger partial charge is 0.227 e. The first-order valence-electron chi connectivity index (χ1n) is 9.13. The molecule has 0 spiro atoms. The van der Waals surface area contributed by atoms with Crippen molar-refractivity contribution in [3.05, 3.63) is 102 Å². The average Bonchev–Trinajstić information content (AvgIpc) is 3.23. The molecule has 134 valence electrons. The van der Waals surface area contributed by atoms with Crippen LogP contribution >= 0.6 is 0 Å². The third-order valence-corrected chi connectivity index (χ3v) is 4.85. The van der Waals surface area contributed by atoms with Crippen LogP contribution < -0.4 is 0 Å². The van der Waals surface area contributed by atoms with Crippen molar-refractivity contribution in [1.82, 2.24) is 9.47 Å². The molecule has 1 aromatic heterocycles. The minimum atomic E-state index is 0.122. The molecule has 27 heavy (non-hydrogen) atoms. The Labute approximate surface area is 159 Å². The van der Waals surface area contributed by atoms with Crippen LogP contribution in [-0.4, -0.2) is 22.4 Å². The van der Waals surface area contributed by atoms with E-state index in [4.69, 9.17) is 0 Å². The first kappa shape index (κ1) is 17.1. The molecular formula is C24H22N2O. The van der Waals surface area contributed by atoms with E-state index >= 15 is 0 Å². The molecule has 0 saturated heterocycles. The number of benzene rings is 3. The second-order valence-electron chi connectivity index (χ2n) is 6.86. The van der Waals surface area contributed by atoms with Crippen LogP contribution in [-0.2, 0) is 17.8 Å². The topological polar surface area (TPSA) is 25.2 Å². The maximum Gasteiger partial charge on any atom is 0.227 e. The van der Waals surface area contributed by atoms with Gasteiger partial charge in [-0.05, 0) is 52.2 Å². The molecule has 3 heteroatoms. The van der Waals surface area contributed by atoms with Crippen LogP contribution in [0.1, 0.15) is 11.1 Å². The maximum absolute atomic E-state index is 12.6. The molecule has 0 fully saturated rings. The molecule has 1 heterocycles. The zero-order chi connectivity index (χ0) is 18.6. The van der Waals surface area contributed by atoms with E-state index in [1.807, 2.05) is 68.0 Å². The summed E-state index contributed by atoms with van der Waals surface area (Å²) in [5.74, 6) is 0.122. The van der Waals surface area contributed by atoms with Gasteiger partial charge in [0.25, 0.3) is 0 Å². The summed E-state index contributed by atoms with van der Waals surface area (Å²) in [4.78, 5) is 14.4. The van der Waals surface area contributed by atoms with Gasteiger partial charge in [0.15, 0.2) is 0 Å². The van der Waals surface area contributed by atoms with E-state index in [-0.39, 0.29) is 5.91 Å². The van der Waals surface area contributed by atoms with Crippen molar-refractivity contribution in [2.24, 2.45) is 0 Å². The summed E-state index contributed by atoms with van der Waals surface area (Å²) in [5, 5.41) is 2.43. The van der Waals surface area contributed by atoms with Gasteiger partial charge in [0.2, 0.25) is 5.91 Å². The van der Waals surface area contributed by atoms with Gasteiger partial charge in [-0.15, -0.1) is 0 Å². The summed E-state index contributed by atoms with van der Waals surface area (Å²) in [7, 11) is 1.87. The number of fused-ring (bicyclic) bond motifs is 1. The third kappa shape index (κ3) is 3.93. The minimum absolute atomic E-state index is 0.122. The van der Waals surface area contributed by atoms with Gasteiger partial charge in [0.05, 0.1) is 6.42 Å². The van der Waals surface area contributed by atoms with Crippen molar-refractivity contribution in [3.8, 4) is 5.69 Å². The Morgan fingerprint density at radius 1 is 0.815 bits per heavy atom. The highest BCUT2D eigenvalue weighted by molar-refractivity contribution is 5.83. The third-order valence-electron chi connectivity index (χ3n) is 4.85. The van der Waals surface area contributed by atoms with Crippen molar-refractivity contribution in [2.45, 2.75) is 13.0 Å². The van der Waals surface area contributed by atoms with Gasteiger partial charge in [0, 0.05) is 31.7 Å². The maximum atomic E-state index is 12.6. The summed E-state index contributed by atoms with van der Waals surface area (Å²) in [6.07, 6.45) is 4.44. The number of carbonyl (C=O) groups excluding carboxylic acids is 1. The van der Waals surface area contributed by atoms with E-state index in [1.54, 1.807) is 4.90 Å². The first-order chi connectivity index (χ1) is 13.2. The van der Waals surface area contributed by atoms with Gasteiger partial charge >= 0.3 is 0 Å². The summed E-state index contributed by atoms with van der Waals surface area (Å²) in [5.41, 5.74) is 3.27. The van der Waals surface area contributed by atoms with Crippen molar-refractivity contribution in [1.29, 1.82) is 0 Å². The number of carbonyl (C=O) groups is 1. The molecule has 4 aromatic rings. The Bertz CT molecular complexity index is 1050. The SMILES string of the molecule is CN(Cc1ccc2ccccc2c1)C(=O)Cc1ccc(-n2cccc2)cc1. The lowest BCUT2D eigenvalue weighted by Crippen LogP contribution is -2.27. The fraction of sp³-hybridized carbons (Fsp3) is 0.125. The van der Waals surface area contributed by atoms with Gasteiger partial charge in [-0.2, -0.15) is 0 Å². The Balaban J connectivity index is 1.41. The number of hydrogen-bond donors (Lipinski definition) is 0. The molecule has 0 aliphatic rings. The van der Waals surface area contributed by atoms with Crippen molar-refractivity contribution < 1.29 is 4.79 Å².